The van der Waals surface area contributed by atoms with E-state index in [1.165, 1.54) is 5.56 Å². The summed E-state index contributed by atoms with van der Waals surface area (Å²) in [5, 5.41) is 4.43. The Labute approximate surface area is 148 Å². The number of rotatable bonds is 3. The zero-order chi connectivity index (χ0) is 17.2. The number of carbonyl (C=O) groups is 1. The first-order valence-electron chi connectivity index (χ1n) is 9.05. The Morgan fingerprint density at radius 3 is 2.64 bits per heavy atom. The molecule has 2 N–H and O–H groups in total. The van der Waals surface area contributed by atoms with Crippen LogP contribution in [-0.4, -0.2) is 40.2 Å². The molecule has 2 saturated heterocycles. The summed E-state index contributed by atoms with van der Waals surface area (Å²) in [7, 11) is 0. The van der Waals surface area contributed by atoms with Gasteiger partial charge in [0.05, 0.1) is 24.2 Å². The second-order valence-electron chi connectivity index (χ2n) is 7.07. The van der Waals surface area contributed by atoms with Crippen molar-refractivity contribution >= 4 is 5.91 Å². The number of likely N-dealkylation sites (tertiary alicyclic amines) is 1. The molecule has 3 heterocycles. The van der Waals surface area contributed by atoms with Crippen LogP contribution in [0.5, 0.6) is 0 Å². The molecule has 6 nitrogen and oxygen atoms in total. The number of hydrazine groups is 1. The van der Waals surface area contributed by atoms with Crippen molar-refractivity contribution in [3.63, 3.8) is 0 Å². The summed E-state index contributed by atoms with van der Waals surface area (Å²) in [5.74, 6) is 0.201. The molecule has 1 amide bonds. The average molecular weight is 339 g/mol. The van der Waals surface area contributed by atoms with Gasteiger partial charge in [-0.1, -0.05) is 30.3 Å². The lowest BCUT2D eigenvalue weighted by Crippen LogP contribution is -2.44. The highest BCUT2D eigenvalue weighted by molar-refractivity contribution is 5.80. The van der Waals surface area contributed by atoms with E-state index in [0.717, 1.165) is 31.5 Å². The van der Waals surface area contributed by atoms with E-state index in [9.17, 15) is 4.79 Å². The number of hydrogen-bond acceptors (Lipinski definition) is 4. The largest absolute Gasteiger partial charge is 0.342 e. The van der Waals surface area contributed by atoms with Crippen molar-refractivity contribution in [2.75, 3.05) is 19.6 Å². The zero-order valence-electron chi connectivity index (χ0n) is 14.6. The van der Waals surface area contributed by atoms with Gasteiger partial charge in [-0.2, -0.15) is 5.10 Å². The predicted molar refractivity (Wildman–Crippen MR) is 95.6 cm³/mol. The Morgan fingerprint density at radius 2 is 1.96 bits per heavy atom. The molecule has 0 saturated carbocycles. The number of nitrogens with one attached hydrogen (secondary N) is 2. The smallest absolute Gasteiger partial charge is 0.229 e. The van der Waals surface area contributed by atoms with Gasteiger partial charge in [0.25, 0.3) is 0 Å². The summed E-state index contributed by atoms with van der Waals surface area (Å²) in [6.45, 7) is 4.35. The molecule has 1 aromatic carbocycles. The monoisotopic (exact) mass is 339 g/mol. The van der Waals surface area contributed by atoms with Gasteiger partial charge in [0, 0.05) is 25.8 Å². The molecule has 4 rings (SSSR count). The fourth-order valence-corrected chi connectivity index (χ4v) is 3.92. The van der Waals surface area contributed by atoms with E-state index < -0.39 is 0 Å². The first-order chi connectivity index (χ1) is 12.2. The van der Waals surface area contributed by atoms with E-state index in [4.69, 9.17) is 0 Å². The quantitative estimate of drug-likeness (QED) is 0.895. The Hall–Kier alpha value is -2.18. The van der Waals surface area contributed by atoms with Crippen LogP contribution < -0.4 is 10.9 Å². The molecule has 2 fully saturated rings. The van der Waals surface area contributed by atoms with Gasteiger partial charge in [-0.15, -0.1) is 0 Å². The lowest BCUT2D eigenvalue weighted by Gasteiger charge is -2.34. The fraction of sp³-hybridized carbons (Fsp3) is 0.474. The molecule has 6 heteroatoms. The average Bonchev–Trinajstić information content (AvgIpc) is 3.31. The Balaban J connectivity index is 1.40. The number of aryl methyl sites for hydroxylation is 1. The van der Waals surface area contributed by atoms with Gasteiger partial charge in [-0.25, -0.2) is 5.43 Å². The van der Waals surface area contributed by atoms with Gasteiger partial charge in [0.2, 0.25) is 5.91 Å². The van der Waals surface area contributed by atoms with Crippen LogP contribution in [-0.2, 0) is 4.79 Å². The summed E-state index contributed by atoms with van der Waals surface area (Å²) in [6, 6.07) is 10.7. The van der Waals surface area contributed by atoms with Gasteiger partial charge in [0.1, 0.15) is 0 Å². The molecule has 1 aromatic heterocycles. The fourth-order valence-electron chi connectivity index (χ4n) is 3.92. The van der Waals surface area contributed by atoms with Crippen molar-refractivity contribution in [3.8, 4) is 0 Å². The van der Waals surface area contributed by atoms with Crippen molar-refractivity contribution in [2.24, 2.45) is 5.92 Å². The summed E-state index contributed by atoms with van der Waals surface area (Å²) in [6.07, 6.45) is 5.93. The second-order valence-corrected chi connectivity index (χ2v) is 7.07. The lowest BCUT2D eigenvalue weighted by molar-refractivity contribution is -0.136. The summed E-state index contributed by atoms with van der Waals surface area (Å²) < 4.78 is 2.06. The van der Waals surface area contributed by atoms with E-state index in [-0.39, 0.29) is 17.9 Å². The summed E-state index contributed by atoms with van der Waals surface area (Å²) in [4.78, 5) is 15.1. The molecule has 25 heavy (non-hydrogen) atoms. The minimum atomic E-state index is -0.0501. The number of nitrogens with zero attached hydrogens (tertiary/aromatic N) is 3. The molecule has 2 unspecified atom stereocenters. The number of benzene rings is 1. The molecule has 2 aliphatic rings. The third-order valence-electron chi connectivity index (χ3n) is 5.34. The standard InChI is InChI=1S/C19H25N5O/c1-14-11-21-24(13-14)16-7-9-23(10-8-16)19(25)17-12-20-22-18(17)15-5-3-2-4-6-15/h2-6,11,13,16-18,20,22H,7-10,12H2,1H3. The Bertz CT molecular complexity index is 720. The van der Waals surface area contributed by atoms with Gasteiger partial charge >= 0.3 is 0 Å². The molecule has 2 aromatic rings. The zero-order valence-corrected chi connectivity index (χ0v) is 14.6. The van der Waals surface area contributed by atoms with Gasteiger partial charge in [-0.05, 0) is 30.9 Å². The van der Waals surface area contributed by atoms with E-state index >= 15 is 0 Å². The maximum atomic E-state index is 13.1. The third-order valence-corrected chi connectivity index (χ3v) is 5.34. The lowest BCUT2D eigenvalue weighted by atomic mass is 9.92. The van der Waals surface area contributed by atoms with E-state index in [2.05, 4.69) is 45.9 Å². The first-order valence-corrected chi connectivity index (χ1v) is 9.05. The Kier molecular flexibility index (Phi) is 4.55. The van der Waals surface area contributed by atoms with Crippen molar-refractivity contribution < 1.29 is 4.79 Å². The molecular weight excluding hydrogens is 314 g/mol. The van der Waals surface area contributed by atoms with Crippen molar-refractivity contribution in [1.82, 2.24) is 25.5 Å². The number of hydrogen-bond donors (Lipinski definition) is 2. The number of carbonyl (C=O) groups excluding carboxylic acids is 1. The molecule has 0 spiro atoms. The maximum absolute atomic E-state index is 13.1. The number of aromatic nitrogens is 2. The molecule has 0 bridgehead atoms. The third kappa shape index (κ3) is 3.32. The maximum Gasteiger partial charge on any atom is 0.229 e. The first kappa shape index (κ1) is 16.3. The summed E-state index contributed by atoms with van der Waals surface area (Å²) in [5.41, 5.74) is 8.78. The highest BCUT2D eigenvalue weighted by atomic mass is 16.2. The number of amides is 1. The van der Waals surface area contributed by atoms with Gasteiger partial charge in [-0.3, -0.25) is 14.9 Å². The van der Waals surface area contributed by atoms with Crippen LogP contribution >= 0.6 is 0 Å². The van der Waals surface area contributed by atoms with Crippen LogP contribution in [0.25, 0.3) is 0 Å². The van der Waals surface area contributed by atoms with Crippen LogP contribution in [0.2, 0.25) is 0 Å². The van der Waals surface area contributed by atoms with Crippen molar-refractivity contribution in [3.05, 3.63) is 53.9 Å². The molecule has 0 radical (unpaired) electrons. The van der Waals surface area contributed by atoms with Crippen LogP contribution in [0, 0.1) is 12.8 Å². The van der Waals surface area contributed by atoms with Crippen molar-refractivity contribution in [1.29, 1.82) is 0 Å². The van der Waals surface area contributed by atoms with Crippen LogP contribution in [0.4, 0.5) is 0 Å². The molecular formula is C19H25N5O. The molecule has 0 aliphatic carbocycles. The minimum absolute atomic E-state index is 0.0418. The Morgan fingerprint density at radius 1 is 1.20 bits per heavy atom. The van der Waals surface area contributed by atoms with Gasteiger partial charge in [0.15, 0.2) is 0 Å². The normalized spacial score (nSPS) is 24.6. The van der Waals surface area contributed by atoms with E-state index in [0.29, 0.717) is 12.6 Å². The predicted octanol–water partition coefficient (Wildman–Crippen LogP) is 1.82. The highest BCUT2D eigenvalue weighted by Gasteiger charge is 2.37. The highest BCUT2D eigenvalue weighted by Crippen LogP contribution is 2.29. The van der Waals surface area contributed by atoms with E-state index in [1.54, 1.807) is 0 Å². The second kappa shape index (κ2) is 6.98. The minimum Gasteiger partial charge on any atom is -0.342 e. The van der Waals surface area contributed by atoms with E-state index in [1.807, 2.05) is 29.3 Å². The molecule has 2 atom stereocenters. The van der Waals surface area contributed by atoms with Crippen LogP contribution in [0.1, 0.15) is 36.1 Å². The summed E-state index contributed by atoms with van der Waals surface area (Å²) >= 11 is 0. The molecule has 2 aliphatic heterocycles. The van der Waals surface area contributed by atoms with Crippen LogP contribution in [0.3, 0.4) is 0 Å². The van der Waals surface area contributed by atoms with Crippen LogP contribution in [0.15, 0.2) is 42.7 Å². The van der Waals surface area contributed by atoms with Crippen molar-refractivity contribution in [2.45, 2.75) is 31.8 Å². The van der Waals surface area contributed by atoms with Gasteiger partial charge < -0.3 is 4.90 Å². The number of piperidine rings is 1. The topological polar surface area (TPSA) is 62.2 Å². The molecule has 132 valence electrons. The SMILES string of the molecule is Cc1cnn(C2CCN(C(=O)C3CNNC3c3ccccc3)CC2)c1.